The lowest BCUT2D eigenvalue weighted by molar-refractivity contribution is -0.113. The molecule has 1 saturated heterocycles. The van der Waals surface area contributed by atoms with Crippen LogP contribution in [0.15, 0.2) is 100 Å². The second-order valence-electron chi connectivity index (χ2n) is 7.62. The second kappa shape index (κ2) is 9.19. The fraction of sp³-hybridized carbons (Fsp3) is 0.111. The molecule has 4 heteroatoms. The topological polar surface area (TPSA) is 32.7 Å². The standard InChI is InChI=1S/C27H24N2OS/c1-19-9-13-23(14-10-19)28-27-29(24-15-11-20(2)12-16-24)26(30)25(31-27)18-21(3)17-22-7-5-4-6-8-22/h4-18H,1-3H3/b21-17+,25-18+,28-27?. The summed E-state index contributed by atoms with van der Waals surface area (Å²) in [5.41, 5.74) is 6.10. The van der Waals surface area contributed by atoms with Gasteiger partial charge in [0, 0.05) is 0 Å². The Labute approximate surface area is 187 Å². The van der Waals surface area contributed by atoms with E-state index in [9.17, 15) is 4.79 Å². The zero-order valence-corrected chi connectivity index (χ0v) is 18.7. The lowest BCUT2D eigenvalue weighted by atomic mass is 10.1. The van der Waals surface area contributed by atoms with Gasteiger partial charge in [-0.2, -0.15) is 0 Å². The predicted octanol–water partition coefficient (Wildman–Crippen LogP) is 7.06. The summed E-state index contributed by atoms with van der Waals surface area (Å²) in [5, 5.41) is 0.663. The van der Waals surface area contributed by atoms with Crippen molar-refractivity contribution in [2.24, 2.45) is 4.99 Å². The second-order valence-corrected chi connectivity index (χ2v) is 8.62. The van der Waals surface area contributed by atoms with Crippen molar-refractivity contribution in [1.82, 2.24) is 0 Å². The summed E-state index contributed by atoms with van der Waals surface area (Å²) in [6, 6.07) is 26.1. The number of allylic oxidation sites excluding steroid dienone is 2. The van der Waals surface area contributed by atoms with Crippen molar-refractivity contribution in [3.63, 3.8) is 0 Å². The Morgan fingerprint density at radius 1 is 0.871 bits per heavy atom. The summed E-state index contributed by atoms with van der Waals surface area (Å²) in [6.45, 7) is 6.10. The van der Waals surface area contributed by atoms with Gasteiger partial charge in [-0.25, -0.2) is 4.99 Å². The molecule has 1 aliphatic rings. The highest BCUT2D eigenvalue weighted by molar-refractivity contribution is 8.19. The number of carbonyl (C=O) groups is 1. The molecule has 0 N–H and O–H groups in total. The molecule has 0 aliphatic carbocycles. The van der Waals surface area contributed by atoms with Crippen LogP contribution in [0.3, 0.4) is 0 Å². The van der Waals surface area contributed by atoms with E-state index in [0.29, 0.717) is 10.1 Å². The molecule has 31 heavy (non-hydrogen) atoms. The van der Waals surface area contributed by atoms with E-state index in [1.807, 2.05) is 93.6 Å². The molecular weight excluding hydrogens is 400 g/mol. The zero-order valence-electron chi connectivity index (χ0n) is 17.9. The number of aryl methyl sites for hydroxylation is 2. The average Bonchev–Trinajstić information content (AvgIpc) is 3.05. The number of benzene rings is 3. The summed E-state index contributed by atoms with van der Waals surface area (Å²) in [4.78, 5) is 20.5. The molecule has 0 radical (unpaired) electrons. The Kier molecular flexibility index (Phi) is 6.19. The molecule has 1 heterocycles. The monoisotopic (exact) mass is 424 g/mol. The van der Waals surface area contributed by atoms with E-state index >= 15 is 0 Å². The number of amidine groups is 1. The van der Waals surface area contributed by atoms with E-state index < -0.39 is 0 Å². The third-order valence-electron chi connectivity index (χ3n) is 4.91. The first-order chi connectivity index (χ1) is 15.0. The molecule has 0 bridgehead atoms. The third kappa shape index (κ3) is 5.04. The van der Waals surface area contributed by atoms with E-state index in [1.165, 1.54) is 17.3 Å². The largest absolute Gasteiger partial charge is 0.271 e. The lowest BCUT2D eigenvalue weighted by Gasteiger charge is -2.16. The van der Waals surface area contributed by atoms with Crippen LogP contribution in [0.4, 0.5) is 11.4 Å². The van der Waals surface area contributed by atoms with Crippen LogP contribution in [0.2, 0.25) is 0 Å². The van der Waals surface area contributed by atoms with Crippen molar-refractivity contribution >= 4 is 40.3 Å². The highest BCUT2D eigenvalue weighted by atomic mass is 32.2. The molecule has 3 aromatic carbocycles. The van der Waals surface area contributed by atoms with Crippen molar-refractivity contribution in [3.05, 3.63) is 112 Å². The zero-order chi connectivity index (χ0) is 21.8. The molecule has 154 valence electrons. The van der Waals surface area contributed by atoms with Gasteiger partial charge in [-0.15, -0.1) is 0 Å². The molecule has 0 unspecified atom stereocenters. The molecule has 1 amide bonds. The Hall–Kier alpha value is -3.37. The van der Waals surface area contributed by atoms with Gasteiger partial charge in [0.15, 0.2) is 5.17 Å². The van der Waals surface area contributed by atoms with Crippen LogP contribution in [-0.2, 0) is 4.79 Å². The van der Waals surface area contributed by atoms with Crippen LogP contribution in [0, 0.1) is 13.8 Å². The first-order valence-corrected chi connectivity index (χ1v) is 11.0. The maximum atomic E-state index is 13.4. The van der Waals surface area contributed by atoms with Gasteiger partial charge in [-0.05, 0) is 74.0 Å². The fourth-order valence-electron chi connectivity index (χ4n) is 3.26. The van der Waals surface area contributed by atoms with Crippen LogP contribution in [-0.4, -0.2) is 11.1 Å². The quantitative estimate of drug-likeness (QED) is 0.420. The van der Waals surface area contributed by atoms with Crippen LogP contribution in [0.1, 0.15) is 23.6 Å². The van der Waals surface area contributed by atoms with Gasteiger partial charge >= 0.3 is 0 Å². The van der Waals surface area contributed by atoms with Crippen LogP contribution in [0.25, 0.3) is 6.08 Å². The number of rotatable bonds is 4. The molecule has 0 spiro atoms. The smallest absolute Gasteiger partial charge is 0.268 e. The molecular formula is C27H24N2OS. The van der Waals surface area contributed by atoms with E-state index in [4.69, 9.17) is 4.99 Å². The minimum atomic E-state index is -0.0551. The third-order valence-corrected chi connectivity index (χ3v) is 5.88. The summed E-state index contributed by atoms with van der Waals surface area (Å²) in [7, 11) is 0. The maximum Gasteiger partial charge on any atom is 0.271 e. The molecule has 0 aromatic heterocycles. The van der Waals surface area contributed by atoms with Crippen LogP contribution < -0.4 is 4.90 Å². The summed E-state index contributed by atoms with van der Waals surface area (Å²) < 4.78 is 0. The number of nitrogens with zero attached hydrogens (tertiary/aromatic N) is 2. The van der Waals surface area contributed by atoms with Gasteiger partial charge in [0.1, 0.15) is 0 Å². The molecule has 1 fully saturated rings. The molecule has 4 rings (SSSR count). The number of aliphatic imine (C=N–C) groups is 1. The SMILES string of the molecule is CC(=C\c1ccccc1)/C=C1/SC(=Nc2ccc(C)cc2)N(c2ccc(C)cc2)C1=O. The number of thioether (sulfide) groups is 1. The van der Waals surface area contributed by atoms with E-state index in [0.717, 1.165) is 28.1 Å². The van der Waals surface area contributed by atoms with Crippen molar-refractivity contribution in [2.75, 3.05) is 4.90 Å². The maximum absolute atomic E-state index is 13.4. The van der Waals surface area contributed by atoms with Gasteiger partial charge < -0.3 is 0 Å². The summed E-state index contributed by atoms with van der Waals surface area (Å²) >= 11 is 1.41. The summed E-state index contributed by atoms with van der Waals surface area (Å²) in [6.07, 6.45) is 4.02. The molecule has 3 aromatic rings. The Morgan fingerprint density at radius 2 is 1.48 bits per heavy atom. The number of amides is 1. The first kappa shape index (κ1) is 20.9. The Balaban J connectivity index is 1.72. The summed E-state index contributed by atoms with van der Waals surface area (Å²) in [5.74, 6) is -0.0551. The molecule has 1 aliphatic heterocycles. The highest BCUT2D eigenvalue weighted by Gasteiger charge is 2.34. The van der Waals surface area contributed by atoms with E-state index in [-0.39, 0.29) is 5.91 Å². The van der Waals surface area contributed by atoms with Gasteiger partial charge in [-0.1, -0.05) is 71.8 Å². The Morgan fingerprint density at radius 3 is 2.13 bits per heavy atom. The lowest BCUT2D eigenvalue weighted by Crippen LogP contribution is -2.28. The minimum absolute atomic E-state index is 0.0551. The van der Waals surface area contributed by atoms with Gasteiger partial charge in [0.05, 0.1) is 16.3 Å². The minimum Gasteiger partial charge on any atom is -0.268 e. The van der Waals surface area contributed by atoms with Crippen molar-refractivity contribution in [1.29, 1.82) is 0 Å². The average molecular weight is 425 g/mol. The Bertz CT molecular complexity index is 1170. The number of hydrogen-bond acceptors (Lipinski definition) is 3. The van der Waals surface area contributed by atoms with Crippen LogP contribution >= 0.6 is 11.8 Å². The van der Waals surface area contributed by atoms with Crippen molar-refractivity contribution < 1.29 is 4.79 Å². The number of carbonyl (C=O) groups excluding carboxylic acids is 1. The fourth-order valence-corrected chi connectivity index (χ4v) is 4.31. The highest BCUT2D eigenvalue weighted by Crippen LogP contribution is 2.37. The molecule has 0 atom stereocenters. The number of anilines is 1. The van der Waals surface area contributed by atoms with Gasteiger partial charge in [-0.3, -0.25) is 9.69 Å². The van der Waals surface area contributed by atoms with Crippen molar-refractivity contribution in [3.8, 4) is 0 Å². The van der Waals surface area contributed by atoms with E-state index in [1.54, 1.807) is 4.90 Å². The van der Waals surface area contributed by atoms with Gasteiger partial charge in [0.2, 0.25) is 0 Å². The normalized spacial score (nSPS) is 17.1. The number of hydrogen-bond donors (Lipinski definition) is 0. The van der Waals surface area contributed by atoms with Gasteiger partial charge in [0.25, 0.3) is 5.91 Å². The predicted molar refractivity (Wildman–Crippen MR) is 133 cm³/mol. The van der Waals surface area contributed by atoms with Crippen molar-refractivity contribution in [2.45, 2.75) is 20.8 Å². The van der Waals surface area contributed by atoms with Crippen LogP contribution in [0.5, 0.6) is 0 Å². The van der Waals surface area contributed by atoms with E-state index in [2.05, 4.69) is 18.2 Å². The first-order valence-electron chi connectivity index (χ1n) is 10.2. The molecule has 3 nitrogen and oxygen atoms in total. The molecule has 0 saturated carbocycles.